The lowest BCUT2D eigenvalue weighted by atomic mass is 10.3. The van der Waals surface area contributed by atoms with E-state index >= 15 is 0 Å². The fourth-order valence-corrected chi connectivity index (χ4v) is 4.67. The van der Waals surface area contributed by atoms with Gasteiger partial charge in [-0.05, 0) is 6.07 Å². The van der Waals surface area contributed by atoms with Gasteiger partial charge in [-0.1, -0.05) is 0 Å². The van der Waals surface area contributed by atoms with Gasteiger partial charge >= 0.3 is 29.2 Å². The monoisotopic (exact) mass is 438 g/mol. The first-order valence-corrected chi connectivity index (χ1v) is 10.9. The number of anilines is 1. The molecule has 0 saturated carbocycles. The lowest BCUT2D eigenvalue weighted by Crippen LogP contribution is -2.59. The molecule has 0 aliphatic carbocycles. The molecule has 0 spiro atoms. The summed E-state index contributed by atoms with van der Waals surface area (Å²) in [6.45, 7) is -0.626. The molecule has 26 heavy (non-hydrogen) atoms. The molecule has 148 valence electrons. The molecule has 1 aromatic heterocycles. The highest BCUT2D eigenvalue weighted by molar-refractivity contribution is 7.66. The molecule has 2 heterocycles. The molecule has 3 atom stereocenters. The summed E-state index contributed by atoms with van der Waals surface area (Å²) in [4.78, 5) is 55.1. The van der Waals surface area contributed by atoms with Crippen LogP contribution in [0.3, 0.4) is 0 Å². The van der Waals surface area contributed by atoms with Gasteiger partial charge in [-0.2, -0.15) is 23.5 Å². The van der Waals surface area contributed by atoms with Crippen LogP contribution in [0.2, 0.25) is 0 Å². The number of phosphoric acid groups is 3. The second-order valence-electron chi connectivity index (χ2n) is 4.63. The van der Waals surface area contributed by atoms with E-state index in [9.17, 15) is 23.4 Å². The van der Waals surface area contributed by atoms with Crippen LogP contribution in [0.25, 0.3) is 0 Å². The van der Waals surface area contributed by atoms with Gasteiger partial charge in [0.2, 0.25) is 0 Å². The van der Waals surface area contributed by atoms with Crippen molar-refractivity contribution in [2.75, 3.05) is 24.1 Å². The van der Waals surface area contributed by atoms with Crippen molar-refractivity contribution in [3.8, 4) is 0 Å². The van der Waals surface area contributed by atoms with Crippen molar-refractivity contribution < 1.29 is 51.3 Å². The fraction of sp³-hybridized carbons (Fsp3) is 0.429. The molecule has 6 N–H and O–H groups in total. The number of rotatable bonds is 8. The average molecular weight is 438 g/mol. The molecule has 0 aromatic carbocycles. The van der Waals surface area contributed by atoms with Crippen LogP contribution in [-0.4, -0.2) is 48.5 Å². The van der Waals surface area contributed by atoms with E-state index in [1.165, 1.54) is 12.3 Å². The minimum atomic E-state index is -5.58. The predicted molar refractivity (Wildman–Crippen MR) is 80.7 cm³/mol. The van der Waals surface area contributed by atoms with Gasteiger partial charge < -0.3 is 25.3 Å². The SMILES string of the molecule is Nc1ccn(N2C[C@@H](COP(=O)(O)OP(=O)(O)OP(=O)(O)O)O2)c(=O)n1. The maximum atomic E-state index is 11.5. The normalized spacial score (nSPS) is 22.3. The van der Waals surface area contributed by atoms with Crippen molar-refractivity contribution in [3.05, 3.63) is 22.7 Å². The summed E-state index contributed by atoms with van der Waals surface area (Å²) in [5, 5.41) is 1.03. The largest absolute Gasteiger partial charge is 0.490 e. The molecule has 1 saturated heterocycles. The third kappa shape index (κ3) is 6.23. The Kier molecular flexibility index (Phi) is 6.07. The Labute approximate surface area is 144 Å². The summed E-state index contributed by atoms with van der Waals surface area (Å²) < 4.78 is 45.5. The van der Waals surface area contributed by atoms with Crippen molar-refractivity contribution in [1.29, 1.82) is 0 Å². The van der Waals surface area contributed by atoms with Crippen molar-refractivity contribution >= 4 is 29.3 Å². The molecular weight excluding hydrogens is 425 g/mol. The number of phosphoric ester groups is 1. The van der Waals surface area contributed by atoms with Gasteiger partial charge in [-0.15, -0.1) is 0 Å². The van der Waals surface area contributed by atoms with Gasteiger partial charge in [-0.25, -0.2) is 23.3 Å². The van der Waals surface area contributed by atoms with E-state index in [-0.39, 0.29) is 12.4 Å². The molecule has 16 nitrogen and oxygen atoms in total. The Morgan fingerprint density at radius 1 is 1.23 bits per heavy atom. The highest BCUT2D eigenvalue weighted by atomic mass is 31.3. The fourth-order valence-electron chi connectivity index (χ4n) is 1.62. The van der Waals surface area contributed by atoms with Crippen LogP contribution in [0.1, 0.15) is 0 Å². The summed E-state index contributed by atoms with van der Waals surface area (Å²) in [6, 6.07) is 1.32. The lowest BCUT2D eigenvalue weighted by molar-refractivity contribution is -0.119. The van der Waals surface area contributed by atoms with Crippen molar-refractivity contribution in [2.24, 2.45) is 0 Å². The zero-order valence-corrected chi connectivity index (χ0v) is 15.1. The Morgan fingerprint density at radius 3 is 2.38 bits per heavy atom. The second kappa shape index (κ2) is 7.46. The topological polar surface area (TPSA) is 233 Å². The van der Waals surface area contributed by atoms with Crippen LogP contribution in [-0.2, 0) is 31.7 Å². The third-order valence-corrected chi connectivity index (χ3v) is 6.32. The van der Waals surface area contributed by atoms with E-state index in [2.05, 4.69) is 18.1 Å². The van der Waals surface area contributed by atoms with E-state index in [0.717, 1.165) is 9.85 Å². The molecule has 19 heteroatoms. The number of nitrogens with two attached hydrogens (primary N) is 1. The molecule has 1 aliphatic heterocycles. The molecule has 0 amide bonds. The number of hydrogen-bond donors (Lipinski definition) is 5. The Bertz CT molecular complexity index is 861. The average Bonchev–Trinajstić information content (AvgIpc) is 2.34. The van der Waals surface area contributed by atoms with E-state index in [1.54, 1.807) is 0 Å². The Balaban J connectivity index is 1.84. The first kappa shape index (κ1) is 21.2. The summed E-state index contributed by atoms with van der Waals surface area (Å²) in [5.41, 5.74) is 4.58. The van der Waals surface area contributed by atoms with Gasteiger partial charge in [0.25, 0.3) is 0 Å². The number of hydroxylamine groups is 1. The van der Waals surface area contributed by atoms with Crippen LogP contribution in [0.15, 0.2) is 17.1 Å². The molecule has 1 fully saturated rings. The second-order valence-corrected chi connectivity index (χ2v) is 9.05. The van der Waals surface area contributed by atoms with E-state index < -0.39 is 41.9 Å². The molecule has 0 bridgehead atoms. The van der Waals surface area contributed by atoms with Crippen LogP contribution < -0.4 is 16.6 Å². The summed E-state index contributed by atoms with van der Waals surface area (Å²) >= 11 is 0. The Morgan fingerprint density at radius 2 is 1.85 bits per heavy atom. The lowest BCUT2D eigenvalue weighted by Gasteiger charge is -2.39. The molecular formula is C7H13N4O12P3. The minimum absolute atomic E-state index is 0.00126. The first-order valence-electron chi connectivity index (χ1n) is 6.34. The Hall–Kier alpha value is -1.15. The minimum Gasteiger partial charge on any atom is -0.383 e. The van der Waals surface area contributed by atoms with Crippen molar-refractivity contribution in [1.82, 2.24) is 9.66 Å². The zero-order chi connectivity index (χ0) is 19.8. The van der Waals surface area contributed by atoms with Crippen LogP contribution in [0, 0.1) is 0 Å². The molecule has 2 unspecified atom stereocenters. The highest BCUT2D eigenvalue weighted by Gasteiger charge is 2.42. The highest BCUT2D eigenvalue weighted by Crippen LogP contribution is 2.66. The molecule has 1 aliphatic rings. The molecule has 1 aromatic rings. The molecule has 0 radical (unpaired) electrons. The number of aromatic nitrogens is 2. The van der Waals surface area contributed by atoms with E-state index in [0.29, 0.717) is 0 Å². The van der Waals surface area contributed by atoms with Gasteiger partial charge in [0, 0.05) is 6.20 Å². The maximum absolute atomic E-state index is 11.5. The van der Waals surface area contributed by atoms with Crippen molar-refractivity contribution in [2.45, 2.75) is 6.10 Å². The summed E-state index contributed by atoms with van der Waals surface area (Å²) in [5.74, 6) is -0.00372. The van der Waals surface area contributed by atoms with E-state index in [1.807, 2.05) is 0 Å². The van der Waals surface area contributed by atoms with Gasteiger partial charge in [0.05, 0.1) is 13.2 Å². The summed E-state index contributed by atoms with van der Waals surface area (Å²) in [6.07, 6.45) is 0.424. The van der Waals surface area contributed by atoms with Gasteiger partial charge in [0.1, 0.15) is 11.9 Å². The number of nitrogens with zero attached hydrogens (tertiary/aromatic N) is 3. The van der Waals surface area contributed by atoms with Crippen molar-refractivity contribution in [3.63, 3.8) is 0 Å². The molecule has 2 rings (SSSR count). The zero-order valence-electron chi connectivity index (χ0n) is 12.5. The first-order chi connectivity index (χ1) is 11.8. The predicted octanol–water partition coefficient (Wildman–Crippen LogP) is -1.58. The summed E-state index contributed by atoms with van der Waals surface area (Å²) in [7, 11) is -16.3. The van der Waals surface area contributed by atoms with Crippen LogP contribution in [0.5, 0.6) is 0 Å². The quantitative estimate of drug-likeness (QED) is 0.288. The standard InChI is InChI=1S/C7H13N4O12P3/c8-6-1-2-10(7(12)9-6)11-3-5(21-11)4-20-25(16,17)23-26(18,19)22-24(13,14)15/h1-2,5H,3-4H2,(H,16,17)(H,18,19)(H2,8,9,12)(H2,13,14,15)/t5-/m0/s1. The maximum Gasteiger partial charge on any atom is 0.490 e. The van der Waals surface area contributed by atoms with Gasteiger partial charge in [-0.3, -0.25) is 4.52 Å². The van der Waals surface area contributed by atoms with E-state index in [4.69, 9.17) is 25.3 Å². The van der Waals surface area contributed by atoms with Crippen LogP contribution >= 0.6 is 23.5 Å². The third-order valence-electron chi connectivity index (χ3n) is 2.52. The van der Waals surface area contributed by atoms with Crippen LogP contribution in [0.4, 0.5) is 5.82 Å². The smallest absolute Gasteiger partial charge is 0.383 e. The number of hydrogen-bond acceptors (Lipinski definition) is 11. The number of nitrogen functional groups attached to an aromatic ring is 1. The van der Waals surface area contributed by atoms with Gasteiger partial charge in [0.15, 0.2) is 0 Å².